The fraction of sp³-hybridized carbons (Fsp3) is 0. The Morgan fingerprint density at radius 1 is 1.06 bits per heavy atom. The zero-order valence-corrected chi connectivity index (χ0v) is 16.6. The molecule has 1 aromatic carbocycles. The lowest BCUT2D eigenvalue weighted by atomic mass is 10.1. The van der Waals surface area contributed by atoms with Crippen LogP contribution in [-0.4, -0.2) is 26.8 Å². The Hall–Kier alpha value is -4.17. The van der Waals surface area contributed by atoms with Gasteiger partial charge in [0.1, 0.15) is 5.82 Å². The molecule has 3 N–H and O–H groups in total. The van der Waals surface area contributed by atoms with Crippen LogP contribution >= 0.6 is 11.6 Å². The number of pyridine rings is 1. The van der Waals surface area contributed by atoms with E-state index >= 15 is 0 Å². The van der Waals surface area contributed by atoms with Crippen LogP contribution in [-0.2, 0) is 4.79 Å². The standard InChI is InChI=1S/C22H14ClN5O3/c23-16-7-6-13(25-22(30)18-5-2-8-31-18)9-15(16)19-27-17-10-14(11-24-20(17)28-19)26-21(29)12-3-1-4-12/h1-11H,(H,25,30)(H,26,29)(H,24,27,28). The zero-order chi connectivity index (χ0) is 21.4. The van der Waals surface area contributed by atoms with Crippen molar-refractivity contribution in [1.29, 1.82) is 0 Å². The predicted molar refractivity (Wildman–Crippen MR) is 117 cm³/mol. The minimum Gasteiger partial charge on any atom is -0.459 e. The molecule has 2 amide bonds. The van der Waals surface area contributed by atoms with Crippen molar-refractivity contribution in [3.63, 3.8) is 0 Å². The summed E-state index contributed by atoms with van der Waals surface area (Å²) in [6, 6.07) is 10.0. The molecule has 1 aliphatic rings. The van der Waals surface area contributed by atoms with E-state index < -0.39 is 0 Å². The Morgan fingerprint density at radius 3 is 2.65 bits per heavy atom. The summed E-state index contributed by atoms with van der Waals surface area (Å²) in [6.45, 7) is 0. The van der Waals surface area contributed by atoms with E-state index in [1.54, 1.807) is 54.6 Å². The molecule has 31 heavy (non-hydrogen) atoms. The molecule has 0 atom stereocenters. The molecular formula is C22H14ClN5O3. The molecule has 5 rings (SSSR count). The first-order valence-electron chi connectivity index (χ1n) is 9.27. The Bertz CT molecular complexity index is 1390. The minimum absolute atomic E-state index is 0.201. The molecule has 8 nitrogen and oxygen atoms in total. The third-order valence-electron chi connectivity index (χ3n) is 4.63. The molecular weight excluding hydrogens is 418 g/mol. The number of hydrogen-bond acceptors (Lipinski definition) is 5. The average Bonchev–Trinajstić information content (AvgIpc) is 3.37. The summed E-state index contributed by atoms with van der Waals surface area (Å²) < 4.78 is 5.11. The molecule has 0 bridgehead atoms. The number of aromatic amines is 1. The summed E-state index contributed by atoms with van der Waals surface area (Å²) in [5.74, 6) is 0.106. The number of halogens is 1. The number of H-pyrrole nitrogens is 1. The van der Waals surface area contributed by atoms with Gasteiger partial charge in [-0.3, -0.25) is 9.59 Å². The van der Waals surface area contributed by atoms with Gasteiger partial charge in [-0.1, -0.05) is 17.7 Å². The number of rotatable bonds is 5. The number of allylic oxidation sites excluding steroid dienone is 2. The Morgan fingerprint density at radius 2 is 1.90 bits per heavy atom. The number of fused-ring (bicyclic) bond motifs is 1. The summed E-state index contributed by atoms with van der Waals surface area (Å²) in [4.78, 5) is 36.2. The van der Waals surface area contributed by atoms with Gasteiger partial charge in [0.05, 0.1) is 28.7 Å². The highest BCUT2D eigenvalue weighted by Gasteiger charge is 2.15. The van der Waals surface area contributed by atoms with Crippen molar-refractivity contribution in [2.45, 2.75) is 0 Å². The summed E-state index contributed by atoms with van der Waals surface area (Å²) >= 11 is 6.37. The van der Waals surface area contributed by atoms with E-state index in [0.29, 0.717) is 44.5 Å². The quantitative estimate of drug-likeness (QED) is 0.428. The average molecular weight is 432 g/mol. The molecule has 9 heteroatoms. The van der Waals surface area contributed by atoms with Crippen LogP contribution in [0.2, 0.25) is 5.02 Å². The number of hydrogen-bond donors (Lipinski definition) is 3. The van der Waals surface area contributed by atoms with Crippen LogP contribution in [0.25, 0.3) is 22.6 Å². The maximum Gasteiger partial charge on any atom is 0.291 e. The van der Waals surface area contributed by atoms with E-state index in [1.165, 1.54) is 12.5 Å². The number of carbonyl (C=O) groups excluding carboxylic acids is 2. The zero-order valence-electron chi connectivity index (χ0n) is 15.8. The molecule has 152 valence electrons. The van der Waals surface area contributed by atoms with Crippen LogP contribution in [0, 0.1) is 0 Å². The molecule has 0 unspecified atom stereocenters. The fourth-order valence-electron chi connectivity index (χ4n) is 3.03. The number of imidazole rings is 1. The van der Waals surface area contributed by atoms with Gasteiger partial charge in [-0.15, -0.1) is 0 Å². The summed E-state index contributed by atoms with van der Waals surface area (Å²) in [5.41, 5.74) is 3.37. The number of nitrogens with one attached hydrogen (secondary N) is 3. The second-order valence-electron chi connectivity index (χ2n) is 6.74. The van der Waals surface area contributed by atoms with Crippen molar-refractivity contribution in [3.05, 3.63) is 83.4 Å². The minimum atomic E-state index is -0.374. The molecule has 3 aromatic heterocycles. The molecule has 4 aromatic rings. The van der Waals surface area contributed by atoms with E-state index in [2.05, 4.69) is 25.6 Å². The highest BCUT2D eigenvalue weighted by atomic mass is 35.5. The van der Waals surface area contributed by atoms with Gasteiger partial charge in [-0.25, -0.2) is 9.97 Å². The molecule has 0 fully saturated rings. The van der Waals surface area contributed by atoms with Gasteiger partial charge < -0.3 is 20.0 Å². The molecule has 0 saturated carbocycles. The van der Waals surface area contributed by atoms with Crippen molar-refractivity contribution in [2.75, 3.05) is 10.6 Å². The molecule has 0 aliphatic heterocycles. The van der Waals surface area contributed by atoms with E-state index in [1.807, 2.05) is 0 Å². The Kier molecular flexibility index (Phi) is 4.61. The van der Waals surface area contributed by atoms with Crippen LogP contribution in [0.5, 0.6) is 0 Å². The van der Waals surface area contributed by atoms with Crippen molar-refractivity contribution in [2.24, 2.45) is 0 Å². The van der Waals surface area contributed by atoms with Crippen LogP contribution in [0.3, 0.4) is 0 Å². The summed E-state index contributed by atoms with van der Waals surface area (Å²) in [6.07, 6.45) is 8.23. The molecule has 0 radical (unpaired) electrons. The molecule has 3 heterocycles. The van der Waals surface area contributed by atoms with E-state index in [9.17, 15) is 9.59 Å². The van der Waals surface area contributed by atoms with Gasteiger partial charge in [0.25, 0.3) is 11.8 Å². The van der Waals surface area contributed by atoms with Gasteiger partial charge in [-0.05, 0) is 48.6 Å². The van der Waals surface area contributed by atoms with Gasteiger partial charge in [-0.2, -0.15) is 0 Å². The predicted octanol–water partition coefficient (Wildman–Crippen LogP) is 4.56. The van der Waals surface area contributed by atoms with Crippen LogP contribution in [0.15, 0.2) is 77.1 Å². The van der Waals surface area contributed by atoms with Gasteiger partial charge in [0.2, 0.25) is 0 Å². The van der Waals surface area contributed by atoms with Crippen molar-refractivity contribution >= 4 is 46.0 Å². The molecule has 0 spiro atoms. The van der Waals surface area contributed by atoms with Crippen molar-refractivity contribution in [1.82, 2.24) is 15.0 Å². The number of nitrogens with zero attached hydrogens (tertiary/aromatic N) is 2. The maximum atomic E-state index is 12.2. The second-order valence-corrected chi connectivity index (χ2v) is 7.15. The molecule has 0 saturated heterocycles. The van der Waals surface area contributed by atoms with Crippen LogP contribution < -0.4 is 10.6 Å². The number of aromatic nitrogens is 3. The smallest absolute Gasteiger partial charge is 0.291 e. The first-order chi connectivity index (χ1) is 15.1. The largest absolute Gasteiger partial charge is 0.459 e. The number of furan rings is 1. The number of carbonyl (C=O) groups is 2. The first kappa shape index (κ1) is 18.8. The SMILES string of the molecule is O=C(Nc1cnc2nc(-c3cc(NC(=O)c4ccco4)ccc3Cl)[nH]c2c1)C1=CC=C1. The number of anilines is 2. The van der Waals surface area contributed by atoms with Crippen LogP contribution in [0.1, 0.15) is 10.6 Å². The topological polar surface area (TPSA) is 113 Å². The lowest BCUT2D eigenvalue weighted by Crippen LogP contribution is -2.15. The van der Waals surface area contributed by atoms with E-state index in [0.717, 1.165) is 0 Å². The highest BCUT2D eigenvalue weighted by Crippen LogP contribution is 2.30. The third kappa shape index (κ3) is 3.72. The van der Waals surface area contributed by atoms with E-state index in [4.69, 9.17) is 16.0 Å². The van der Waals surface area contributed by atoms with Crippen LogP contribution in [0.4, 0.5) is 11.4 Å². The first-order valence-corrected chi connectivity index (χ1v) is 9.65. The van der Waals surface area contributed by atoms with E-state index in [-0.39, 0.29) is 17.6 Å². The Balaban J connectivity index is 1.41. The van der Waals surface area contributed by atoms with Crippen molar-refractivity contribution < 1.29 is 14.0 Å². The lowest BCUT2D eigenvalue weighted by Gasteiger charge is -2.08. The highest BCUT2D eigenvalue weighted by molar-refractivity contribution is 6.33. The van der Waals surface area contributed by atoms with Crippen molar-refractivity contribution in [3.8, 4) is 11.4 Å². The number of amides is 2. The normalized spacial score (nSPS) is 12.4. The summed E-state index contributed by atoms with van der Waals surface area (Å²) in [5, 5.41) is 6.00. The maximum absolute atomic E-state index is 12.2. The Labute approximate surface area is 180 Å². The number of benzene rings is 1. The molecule has 1 aliphatic carbocycles. The van der Waals surface area contributed by atoms with Gasteiger partial charge in [0, 0.05) is 16.8 Å². The fourth-order valence-corrected chi connectivity index (χ4v) is 3.24. The lowest BCUT2D eigenvalue weighted by molar-refractivity contribution is -0.112. The van der Waals surface area contributed by atoms with Gasteiger partial charge >= 0.3 is 0 Å². The monoisotopic (exact) mass is 431 g/mol. The third-order valence-corrected chi connectivity index (χ3v) is 4.96. The second kappa shape index (κ2) is 7.58. The summed E-state index contributed by atoms with van der Waals surface area (Å²) in [7, 11) is 0. The van der Waals surface area contributed by atoms with Gasteiger partial charge in [0.15, 0.2) is 11.4 Å².